The van der Waals surface area contributed by atoms with Crippen LogP contribution in [-0.2, 0) is 4.79 Å². The molecule has 0 aliphatic carbocycles. The Morgan fingerprint density at radius 2 is 1.67 bits per heavy atom. The Balaban J connectivity index is 1.90. The lowest BCUT2D eigenvalue weighted by atomic mass is 10.1. The summed E-state index contributed by atoms with van der Waals surface area (Å²) in [5, 5.41) is -0.259. The molecule has 4 nitrogen and oxygen atoms in total. The van der Waals surface area contributed by atoms with Crippen LogP contribution in [0.2, 0.25) is 0 Å². The molecule has 1 heterocycles. The van der Waals surface area contributed by atoms with Crippen LogP contribution in [0.25, 0.3) is 6.08 Å². The first kappa shape index (κ1) is 16.3. The summed E-state index contributed by atoms with van der Waals surface area (Å²) in [4.78, 5) is 28.7. The molecule has 0 saturated carbocycles. The van der Waals surface area contributed by atoms with Crippen molar-refractivity contribution in [1.82, 2.24) is 0 Å². The van der Waals surface area contributed by atoms with Gasteiger partial charge in [-0.25, -0.2) is 4.90 Å². The monoisotopic (exact) mass is 338 g/mol. The largest absolute Gasteiger partial charge is 0.378 e. The molecular formula is C19H18N2O2S. The van der Waals surface area contributed by atoms with E-state index in [0.29, 0.717) is 10.6 Å². The highest BCUT2D eigenvalue weighted by Gasteiger charge is 2.36. The fourth-order valence-corrected chi connectivity index (χ4v) is 3.34. The summed E-state index contributed by atoms with van der Waals surface area (Å²) >= 11 is 0.979. The standard InChI is InChI=1S/C19H18N2O2S/c1-13-6-4-5-7-16(13)21-18(22)17(24-19(21)23)12-14-8-10-15(11-9-14)20(2)3/h4-12H,1-3H3. The average Bonchev–Trinajstić information content (AvgIpc) is 2.83. The SMILES string of the molecule is Cc1ccccc1N1C(=O)SC(=Cc2ccc(N(C)C)cc2)C1=O. The third kappa shape index (κ3) is 3.08. The Morgan fingerprint density at radius 3 is 2.29 bits per heavy atom. The van der Waals surface area contributed by atoms with Crippen LogP contribution in [-0.4, -0.2) is 25.2 Å². The van der Waals surface area contributed by atoms with Crippen LogP contribution in [0.3, 0.4) is 0 Å². The van der Waals surface area contributed by atoms with Gasteiger partial charge in [-0.05, 0) is 54.1 Å². The number of amides is 2. The number of carbonyl (C=O) groups is 2. The van der Waals surface area contributed by atoms with Crippen LogP contribution in [0.5, 0.6) is 0 Å². The van der Waals surface area contributed by atoms with Crippen LogP contribution in [0.4, 0.5) is 16.2 Å². The van der Waals surface area contributed by atoms with Crippen LogP contribution in [0, 0.1) is 6.92 Å². The first-order valence-electron chi connectivity index (χ1n) is 7.58. The average molecular weight is 338 g/mol. The molecule has 1 aliphatic rings. The van der Waals surface area contributed by atoms with E-state index in [2.05, 4.69) is 0 Å². The zero-order valence-electron chi connectivity index (χ0n) is 13.8. The molecule has 0 aromatic heterocycles. The van der Waals surface area contributed by atoms with Crippen LogP contribution in [0.1, 0.15) is 11.1 Å². The lowest BCUT2D eigenvalue weighted by molar-refractivity contribution is -0.113. The van der Waals surface area contributed by atoms with Gasteiger partial charge < -0.3 is 4.90 Å². The normalized spacial score (nSPS) is 16.1. The van der Waals surface area contributed by atoms with Crippen molar-refractivity contribution in [2.75, 3.05) is 23.9 Å². The van der Waals surface area contributed by atoms with Crippen LogP contribution >= 0.6 is 11.8 Å². The number of carbonyl (C=O) groups excluding carboxylic acids is 2. The predicted octanol–water partition coefficient (Wildman–Crippen LogP) is 4.30. The van der Waals surface area contributed by atoms with Gasteiger partial charge >= 0.3 is 0 Å². The lowest BCUT2D eigenvalue weighted by Crippen LogP contribution is -2.28. The number of benzene rings is 2. The lowest BCUT2D eigenvalue weighted by Gasteiger charge is -2.14. The minimum atomic E-state index is -0.268. The van der Waals surface area contributed by atoms with Gasteiger partial charge in [0.1, 0.15) is 0 Å². The maximum atomic E-state index is 12.7. The second-order valence-corrected chi connectivity index (χ2v) is 6.78. The summed E-state index contributed by atoms with van der Waals surface area (Å²) in [6.07, 6.45) is 1.77. The van der Waals surface area contributed by atoms with Gasteiger partial charge in [0, 0.05) is 19.8 Å². The zero-order chi connectivity index (χ0) is 17.3. The summed E-state index contributed by atoms with van der Waals surface area (Å²) in [6, 6.07) is 15.3. The van der Waals surface area contributed by atoms with Gasteiger partial charge in [0.2, 0.25) is 0 Å². The van der Waals surface area contributed by atoms with Gasteiger partial charge in [-0.15, -0.1) is 0 Å². The van der Waals surface area contributed by atoms with Crippen molar-refractivity contribution in [3.8, 4) is 0 Å². The molecule has 5 heteroatoms. The molecule has 2 aromatic carbocycles. The van der Waals surface area contributed by atoms with E-state index in [1.165, 1.54) is 4.90 Å². The summed E-state index contributed by atoms with van der Waals surface area (Å²) in [5.74, 6) is -0.268. The first-order chi connectivity index (χ1) is 11.5. The molecule has 1 aliphatic heterocycles. The van der Waals surface area contributed by atoms with Crippen molar-refractivity contribution in [3.05, 3.63) is 64.6 Å². The van der Waals surface area contributed by atoms with E-state index in [-0.39, 0.29) is 11.1 Å². The van der Waals surface area contributed by atoms with E-state index in [0.717, 1.165) is 28.6 Å². The minimum Gasteiger partial charge on any atom is -0.378 e. The molecule has 0 bridgehead atoms. The first-order valence-corrected chi connectivity index (χ1v) is 8.40. The summed E-state index contributed by atoms with van der Waals surface area (Å²) in [7, 11) is 3.95. The number of rotatable bonds is 3. The van der Waals surface area contributed by atoms with Gasteiger partial charge in [-0.3, -0.25) is 9.59 Å². The highest BCUT2D eigenvalue weighted by Crippen LogP contribution is 2.36. The van der Waals surface area contributed by atoms with Gasteiger partial charge in [-0.2, -0.15) is 0 Å². The van der Waals surface area contributed by atoms with E-state index in [9.17, 15) is 9.59 Å². The van der Waals surface area contributed by atoms with Crippen LogP contribution in [0.15, 0.2) is 53.4 Å². The fourth-order valence-electron chi connectivity index (χ4n) is 2.51. The number of thioether (sulfide) groups is 1. The summed E-state index contributed by atoms with van der Waals surface area (Å²) in [5.41, 5.74) is 3.53. The maximum absolute atomic E-state index is 12.7. The molecule has 0 atom stereocenters. The summed E-state index contributed by atoms with van der Waals surface area (Å²) in [6.45, 7) is 1.89. The predicted molar refractivity (Wildman–Crippen MR) is 100 cm³/mol. The molecule has 2 amide bonds. The van der Waals surface area contributed by atoms with Gasteiger partial charge in [0.15, 0.2) is 0 Å². The second-order valence-electron chi connectivity index (χ2n) is 5.79. The molecule has 1 saturated heterocycles. The van der Waals surface area contributed by atoms with Gasteiger partial charge in [0.25, 0.3) is 11.1 Å². The molecule has 0 spiro atoms. The number of hydrogen-bond donors (Lipinski definition) is 0. The smallest absolute Gasteiger partial charge is 0.298 e. The number of para-hydroxylation sites is 1. The minimum absolute atomic E-state index is 0.259. The fraction of sp³-hybridized carbons (Fsp3) is 0.158. The molecule has 1 fully saturated rings. The molecule has 0 radical (unpaired) electrons. The Morgan fingerprint density at radius 1 is 1.00 bits per heavy atom. The number of imide groups is 1. The number of aryl methyl sites for hydroxylation is 1. The van der Waals surface area contributed by atoms with Gasteiger partial charge in [0.05, 0.1) is 10.6 Å². The van der Waals surface area contributed by atoms with Crippen molar-refractivity contribution in [3.63, 3.8) is 0 Å². The molecule has 24 heavy (non-hydrogen) atoms. The van der Waals surface area contributed by atoms with Crippen molar-refractivity contribution in [1.29, 1.82) is 0 Å². The third-order valence-electron chi connectivity index (χ3n) is 3.86. The highest BCUT2D eigenvalue weighted by molar-refractivity contribution is 8.19. The number of anilines is 2. The molecule has 0 N–H and O–H groups in total. The maximum Gasteiger partial charge on any atom is 0.298 e. The van der Waals surface area contributed by atoms with E-state index < -0.39 is 0 Å². The van der Waals surface area contributed by atoms with Crippen LogP contribution < -0.4 is 9.80 Å². The second kappa shape index (κ2) is 6.53. The number of nitrogens with zero attached hydrogens (tertiary/aromatic N) is 2. The molecule has 2 aromatic rings. The van der Waals surface area contributed by atoms with E-state index in [1.54, 1.807) is 12.1 Å². The topological polar surface area (TPSA) is 40.6 Å². The van der Waals surface area contributed by atoms with E-state index >= 15 is 0 Å². The highest BCUT2D eigenvalue weighted by atomic mass is 32.2. The quantitative estimate of drug-likeness (QED) is 0.782. The Hall–Kier alpha value is -2.53. The van der Waals surface area contributed by atoms with Crippen molar-refractivity contribution < 1.29 is 9.59 Å². The van der Waals surface area contributed by atoms with E-state index in [4.69, 9.17) is 0 Å². The van der Waals surface area contributed by atoms with Crippen molar-refractivity contribution >= 4 is 40.4 Å². The Bertz CT molecular complexity index is 826. The number of hydrogen-bond acceptors (Lipinski definition) is 4. The molecule has 3 rings (SSSR count). The van der Waals surface area contributed by atoms with Crippen molar-refractivity contribution in [2.24, 2.45) is 0 Å². The Labute approximate surface area is 145 Å². The molecule has 0 unspecified atom stereocenters. The third-order valence-corrected chi connectivity index (χ3v) is 4.73. The van der Waals surface area contributed by atoms with Gasteiger partial charge in [-0.1, -0.05) is 30.3 Å². The zero-order valence-corrected chi connectivity index (χ0v) is 14.6. The summed E-state index contributed by atoms with van der Waals surface area (Å²) < 4.78 is 0. The molecule has 122 valence electrons. The van der Waals surface area contributed by atoms with E-state index in [1.807, 2.05) is 68.4 Å². The van der Waals surface area contributed by atoms with Crippen molar-refractivity contribution in [2.45, 2.75) is 6.92 Å². The Kier molecular flexibility index (Phi) is 4.44. The molecular weight excluding hydrogens is 320 g/mol.